The van der Waals surface area contributed by atoms with Gasteiger partial charge >= 0.3 is 0 Å². The number of thiophene rings is 1. The molecule has 0 atom stereocenters. The SMILES string of the molecule is Cn1nc(N)c(Br)c1-c1cc(Br)cs1. The van der Waals surface area contributed by atoms with E-state index in [2.05, 4.69) is 37.0 Å². The van der Waals surface area contributed by atoms with Crippen molar-refractivity contribution in [1.82, 2.24) is 9.78 Å². The summed E-state index contributed by atoms with van der Waals surface area (Å²) in [5.41, 5.74) is 6.71. The Morgan fingerprint density at radius 3 is 2.64 bits per heavy atom. The van der Waals surface area contributed by atoms with E-state index in [0.717, 1.165) is 19.5 Å². The summed E-state index contributed by atoms with van der Waals surface area (Å²) >= 11 is 8.50. The predicted molar refractivity (Wildman–Crippen MR) is 66.3 cm³/mol. The minimum atomic E-state index is 0.520. The smallest absolute Gasteiger partial charge is 0.160 e. The lowest BCUT2D eigenvalue weighted by Crippen LogP contribution is -1.93. The van der Waals surface area contributed by atoms with Crippen molar-refractivity contribution in [3.63, 3.8) is 0 Å². The molecule has 74 valence electrons. The highest BCUT2D eigenvalue weighted by atomic mass is 79.9. The lowest BCUT2D eigenvalue weighted by molar-refractivity contribution is 0.781. The number of nitrogens with two attached hydrogens (primary N) is 1. The van der Waals surface area contributed by atoms with Gasteiger partial charge in [-0.2, -0.15) is 5.10 Å². The number of hydrogen-bond donors (Lipinski definition) is 1. The molecule has 0 saturated carbocycles. The minimum absolute atomic E-state index is 0.520. The van der Waals surface area contributed by atoms with Gasteiger partial charge in [0.05, 0.1) is 15.0 Å². The first-order chi connectivity index (χ1) is 6.59. The zero-order valence-corrected chi connectivity index (χ0v) is 11.3. The van der Waals surface area contributed by atoms with Gasteiger partial charge < -0.3 is 5.73 Å². The number of rotatable bonds is 1. The molecule has 0 amide bonds. The van der Waals surface area contributed by atoms with E-state index in [1.807, 2.05) is 18.5 Å². The fraction of sp³-hybridized carbons (Fsp3) is 0.125. The predicted octanol–water partition coefficient (Wildman–Crippen LogP) is 3.26. The van der Waals surface area contributed by atoms with Gasteiger partial charge in [-0.3, -0.25) is 4.68 Å². The summed E-state index contributed by atoms with van der Waals surface area (Å²) in [5, 5.41) is 6.17. The normalized spacial score (nSPS) is 10.8. The molecule has 0 radical (unpaired) electrons. The maximum atomic E-state index is 5.70. The van der Waals surface area contributed by atoms with E-state index in [9.17, 15) is 0 Å². The van der Waals surface area contributed by atoms with Gasteiger partial charge in [0.1, 0.15) is 0 Å². The molecule has 0 unspecified atom stereocenters. The first-order valence-electron chi connectivity index (χ1n) is 3.82. The van der Waals surface area contributed by atoms with Crippen molar-refractivity contribution < 1.29 is 0 Å². The third-order valence-corrected chi connectivity index (χ3v) is 4.29. The summed E-state index contributed by atoms with van der Waals surface area (Å²) < 4.78 is 3.70. The Morgan fingerprint density at radius 2 is 2.21 bits per heavy atom. The molecule has 0 aromatic carbocycles. The number of nitrogens with zero attached hydrogens (tertiary/aromatic N) is 2. The molecule has 0 aliphatic heterocycles. The van der Waals surface area contributed by atoms with E-state index in [1.165, 1.54) is 0 Å². The van der Waals surface area contributed by atoms with E-state index >= 15 is 0 Å². The van der Waals surface area contributed by atoms with Crippen molar-refractivity contribution >= 4 is 49.0 Å². The second kappa shape index (κ2) is 3.67. The van der Waals surface area contributed by atoms with Gasteiger partial charge in [-0.15, -0.1) is 11.3 Å². The quantitative estimate of drug-likeness (QED) is 0.868. The number of nitrogen functional groups attached to an aromatic ring is 1. The first-order valence-corrected chi connectivity index (χ1v) is 6.28. The highest BCUT2D eigenvalue weighted by Gasteiger charge is 2.14. The molecule has 0 aliphatic carbocycles. The zero-order valence-electron chi connectivity index (χ0n) is 7.29. The van der Waals surface area contributed by atoms with Gasteiger partial charge in [0.15, 0.2) is 5.82 Å². The molecule has 2 N–H and O–H groups in total. The molecule has 2 rings (SSSR count). The molecule has 0 aliphatic rings. The molecule has 3 nitrogen and oxygen atoms in total. The van der Waals surface area contributed by atoms with Crippen LogP contribution in [0.1, 0.15) is 0 Å². The molecule has 0 fully saturated rings. The molecule has 2 aromatic rings. The van der Waals surface area contributed by atoms with Crippen LogP contribution in [0.3, 0.4) is 0 Å². The Kier molecular flexibility index (Phi) is 2.68. The second-order valence-electron chi connectivity index (χ2n) is 2.80. The van der Waals surface area contributed by atoms with Crippen molar-refractivity contribution in [3.05, 3.63) is 20.4 Å². The second-order valence-corrected chi connectivity index (χ2v) is 5.42. The summed E-state index contributed by atoms with van der Waals surface area (Å²) in [5.74, 6) is 0.520. The summed E-state index contributed by atoms with van der Waals surface area (Å²) in [6.45, 7) is 0. The van der Waals surface area contributed by atoms with Crippen LogP contribution in [0.15, 0.2) is 20.4 Å². The van der Waals surface area contributed by atoms with Crippen LogP contribution in [0.4, 0.5) is 5.82 Å². The van der Waals surface area contributed by atoms with Crippen molar-refractivity contribution in [2.45, 2.75) is 0 Å². The van der Waals surface area contributed by atoms with Crippen LogP contribution in [0, 0.1) is 0 Å². The van der Waals surface area contributed by atoms with Gasteiger partial charge in [-0.05, 0) is 37.9 Å². The molecule has 14 heavy (non-hydrogen) atoms. The zero-order chi connectivity index (χ0) is 10.3. The Morgan fingerprint density at radius 1 is 1.50 bits per heavy atom. The van der Waals surface area contributed by atoms with Crippen LogP contribution in [0.25, 0.3) is 10.6 Å². The summed E-state index contributed by atoms with van der Waals surface area (Å²) in [6, 6.07) is 2.05. The Balaban J connectivity index is 2.61. The fourth-order valence-corrected chi connectivity index (χ4v) is 3.41. The van der Waals surface area contributed by atoms with Crippen molar-refractivity contribution in [3.8, 4) is 10.6 Å². The van der Waals surface area contributed by atoms with Gasteiger partial charge in [0.2, 0.25) is 0 Å². The van der Waals surface area contributed by atoms with E-state index in [4.69, 9.17) is 5.73 Å². The molecular formula is C8H7Br2N3S. The van der Waals surface area contributed by atoms with Gasteiger partial charge in [-0.1, -0.05) is 0 Å². The largest absolute Gasteiger partial charge is 0.381 e. The monoisotopic (exact) mass is 335 g/mol. The van der Waals surface area contributed by atoms with Crippen LogP contribution in [-0.2, 0) is 7.05 Å². The lowest BCUT2D eigenvalue weighted by atomic mass is 10.3. The van der Waals surface area contributed by atoms with Crippen molar-refractivity contribution in [2.24, 2.45) is 7.05 Å². The third-order valence-electron chi connectivity index (χ3n) is 1.81. The van der Waals surface area contributed by atoms with Crippen LogP contribution in [-0.4, -0.2) is 9.78 Å². The number of hydrogen-bond acceptors (Lipinski definition) is 3. The highest BCUT2D eigenvalue weighted by Crippen LogP contribution is 2.36. The summed E-state index contributed by atoms with van der Waals surface area (Å²) in [4.78, 5) is 1.13. The maximum absolute atomic E-state index is 5.70. The minimum Gasteiger partial charge on any atom is -0.381 e. The highest BCUT2D eigenvalue weighted by molar-refractivity contribution is 9.11. The van der Waals surface area contributed by atoms with Gasteiger partial charge in [-0.25, -0.2) is 0 Å². The van der Waals surface area contributed by atoms with E-state index < -0.39 is 0 Å². The van der Waals surface area contributed by atoms with Gasteiger partial charge in [0, 0.05) is 16.9 Å². The van der Waals surface area contributed by atoms with Crippen LogP contribution in [0.5, 0.6) is 0 Å². The molecule has 2 aromatic heterocycles. The van der Waals surface area contributed by atoms with Crippen molar-refractivity contribution in [2.75, 3.05) is 5.73 Å². The number of halogens is 2. The van der Waals surface area contributed by atoms with Crippen LogP contribution < -0.4 is 5.73 Å². The fourth-order valence-electron chi connectivity index (χ4n) is 1.22. The number of aromatic nitrogens is 2. The Hall–Kier alpha value is -0.330. The Labute approximate surface area is 102 Å². The van der Waals surface area contributed by atoms with E-state index in [1.54, 1.807) is 16.0 Å². The van der Waals surface area contributed by atoms with Gasteiger partial charge in [0.25, 0.3) is 0 Å². The first kappa shape index (κ1) is 10.2. The average Bonchev–Trinajstić information content (AvgIpc) is 2.60. The average molecular weight is 337 g/mol. The van der Waals surface area contributed by atoms with Crippen LogP contribution >= 0.6 is 43.2 Å². The Bertz CT molecular complexity index is 475. The van der Waals surface area contributed by atoms with E-state index in [-0.39, 0.29) is 0 Å². The maximum Gasteiger partial charge on any atom is 0.160 e. The molecule has 2 heterocycles. The molecule has 0 spiro atoms. The topological polar surface area (TPSA) is 43.8 Å². The molecular weight excluding hydrogens is 330 g/mol. The molecule has 0 bridgehead atoms. The third kappa shape index (κ3) is 1.62. The summed E-state index contributed by atoms with van der Waals surface area (Å²) in [6.07, 6.45) is 0. The molecule has 0 saturated heterocycles. The molecule has 6 heteroatoms. The van der Waals surface area contributed by atoms with Crippen molar-refractivity contribution in [1.29, 1.82) is 0 Å². The number of anilines is 1. The van der Waals surface area contributed by atoms with Crippen LogP contribution in [0.2, 0.25) is 0 Å². The van der Waals surface area contributed by atoms with E-state index in [0.29, 0.717) is 5.82 Å². The lowest BCUT2D eigenvalue weighted by Gasteiger charge is -1.97. The summed E-state index contributed by atoms with van der Waals surface area (Å²) in [7, 11) is 1.88. The number of aryl methyl sites for hydroxylation is 1. The standard InChI is InChI=1S/C8H7Br2N3S/c1-13-7(6(10)8(11)12-13)5-2-4(9)3-14-5/h2-3H,1H3,(H2,11,12).